The molecule has 0 aliphatic heterocycles. The van der Waals surface area contributed by atoms with Crippen LogP contribution in [0.4, 0.5) is 0 Å². The van der Waals surface area contributed by atoms with Gasteiger partial charge >= 0.3 is 0 Å². The molecule has 4 rings (SSSR count). The minimum absolute atomic E-state index is 0.271. The Balaban J connectivity index is 1.51. The van der Waals surface area contributed by atoms with E-state index in [-0.39, 0.29) is 18.1 Å². The lowest BCUT2D eigenvalue weighted by Crippen LogP contribution is -2.11. The number of aromatic nitrogens is 3. The maximum atomic E-state index is 11.5. The molecule has 8 nitrogen and oxygen atoms in total. The molecule has 0 bridgehead atoms. The molecule has 4 aromatic rings. The predicted molar refractivity (Wildman–Crippen MR) is 145 cm³/mol. The number of halogens is 2. The lowest BCUT2D eigenvalue weighted by molar-refractivity contribution is -0.479. The van der Waals surface area contributed by atoms with Crippen LogP contribution in [0.5, 0.6) is 11.5 Å². The van der Waals surface area contributed by atoms with E-state index in [1.807, 2.05) is 60.9 Å². The standard InChI is InChI=1S/C26H24Cl2N4O4S/c1-3-35-22-12-8-21(9-13-22)32-17(2)29-30-26(32)37-25(15-31(33)34)18-5-10-23(11-6-18)36-16-19-4-7-20(27)14-24(19)28/h4-14,25H,3,15-16H2,1-2H3/t25-/m0/s1. The number of nitrogens with zero attached hydrogens (tertiary/aromatic N) is 4. The maximum absolute atomic E-state index is 11.5. The van der Waals surface area contributed by atoms with Crippen molar-refractivity contribution in [1.29, 1.82) is 0 Å². The molecule has 0 saturated heterocycles. The van der Waals surface area contributed by atoms with Gasteiger partial charge in [0.2, 0.25) is 6.54 Å². The quantitative estimate of drug-likeness (QED) is 0.111. The van der Waals surface area contributed by atoms with Crippen molar-refractivity contribution in [3.05, 3.63) is 104 Å². The minimum atomic E-state index is -0.486. The predicted octanol–water partition coefficient (Wildman–Crippen LogP) is 6.97. The Morgan fingerprint density at radius 3 is 2.32 bits per heavy atom. The van der Waals surface area contributed by atoms with Crippen molar-refractivity contribution in [2.75, 3.05) is 13.2 Å². The zero-order valence-corrected chi connectivity index (χ0v) is 22.5. The van der Waals surface area contributed by atoms with Crippen LogP contribution in [-0.2, 0) is 6.61 Å². The largest absolute Gasteiger partial charge is 0.494 e. The van der Waals surface area contributed by atoms with Crippen molar-refractivity contribution in [3.63, 3.8) is 0 Å². The van der Waals surface area contributed by atoms with Crippen molar-refractivity contribution in [3.8, 4) is 17.2 Å². The summed E-state index contributed by atoms with van der Waals surface area (Å²) < 4.78 is 13.2. The first-order chi connectivity index (χ1) is 17.8. The van der Waals surface area contributed by atoms with Crippen LogP contribution in [0, 0.1) is 17.0 Å². The van der Waals surface area contributed by atoms with Gasteiger partial charge in [-0.2, -0.15) is 0 Å². The summed E-state index contributed by atoms with van der Waals surface area (Å²) in [7, 11) is 0. The van der Waals surface area contributed by atoms with Crippen LogP contribution in [0.25, 0.3) is 5.69 Å². The third kappa shape index (κ3) is 6.94. The molecule has 3 aromatic carbocycles. The Kier molecular flexibility index (Phi) is 8.91. The fraction of sp³-hybridized carbons (Fsp3) is 0.231. The summed E-state index contributed by atoms with van der Waals surface area (Å²) in [5.41, 5.74) is 2.43. The van der Waals surface area contributed by atoms with Gasteiger partial charge in [-0.15, -0.1) is 10.2 Å². The Hall–Kier alpha value is -3.27. The Labute approximate surface area is 228 Å². The average molecular weight is 559 g/mol. The molecule has 11 heteroatoms. The van der Waals surface area contributed by atoms with Crippen LogP contribution in [-0.4, -0.2) is 32.8 Å². The zero-order chi connectivity index (χ0) is 26.4. The first-order valence-electron chi connectivity index (χ1n) is 11.4. The molecule has 0 unspecified atom stereocenters. The maximum Gasteiger partial charge on any atom is 0.220 e. The Morgan fingerprint density at radius 2 is 1.68 bits per heavy atom. The van der Waals surface area contributed by atoms with Crippen LogP contribution < -0.4 is 9.47 Å². The molecule has 1 atom stereocenters. The highest BCUT2D eigenvalue weighted by atomic mass is 35.5. The zero-order valence-electron chi connectivity index (χ0n) is 20.1. The van der Waals surface area contributed by atoms with E-state index >= 15 is 0 Å². The van der Waals surface area contributed by atoms with Crippen molar-refractivity contribution in [2.24, 2.45) is 0 Å². The van der Waals surface area contributed by atoms with E-state index in [0.717, 1.165) is 22.6 Å². The summed E-state index contributed by atoms with van der Waals surface area (Å²) in [6.45, 7) is 4.34. The number of thioether (sulfide) groups is 1. The Morgan fingerprint density at radius 1 is 1.00 bits per heavy atom. The fourth-order valence-electron chi connectivity index (χ4n) is 3.63. The lowest BCUT2D eigenvalue weighted by atomic mass is 10.1. The number of benzene rings is 3. The first-order valence-corrected chi connectivity index (χ1v) is 13.1. The number of aryl methyl sites for hydroxylation is 1. The molecule has 0 saturated carbocycles. The SMILES string of the molecule is CCOc1ccc(-n2c(C)nnc2S[C@@H](C[N+](=O)[O-])c2ccc(OCc3ccc(Cl)cc3Cl)cc2)cc1. The van der Waals surface area contributed by atoms with Crippen molar-refractivity contribution in [2.45, 2.75) is 30.9 Å². The van der Waals surface area contributed by atoms with E-state index in [0.29, 0.717) is 33.4 Å². The first kappa shape index (κ1) is 26.8. The van der Waals surface area contributed by atoms with E-state index < -0.39 is 5.25 Å². The van der Waals surface area contributed by atoms with Crippen molar-refractivity contribution < 1.29 is 14.4 Å². The van der Waals surface area contributed by atoms with Gasteiger partial charge in [0.15, 0.2) is 5.16 Å². The third-order valence-corrected chi connectivity index (χ3v) is 7.19. The highest BCUT2D eigenvalue weighted by Gasteiger charge is 2.24. The van der Waals surface area contributed by atoms with Crippen molar-refractivity contribution >= 4 is 35.0 Å². The summed E-state index contributed by atoms with van der Waals surface area (Å²) in [5, 5.41) is 21.2. The van der Waals surface area contributed by atoms with Crippen LogP contribution in [0.15, 0.2) is 71.9 Å². The van der Waals surface area contributed by atoms with Gasteiger partial charge in [-0.25, -0.2) is 0 Å². The molecule has 0 aliphatic rings. The second-order valence-corrected chi connectivity index (χ2v) is 10.0. The molecule has 37 heavy (non-hydrogen) atoms. The highest BCUT2D eigenvalue weighted by Crippen LogP contribution is 2.37. The second kappa shape index (κ2) is 12.3. The van der Waals surface area contributed by atoms with E-state index in [1.165, 1.54) is 11.8 Å². The molecule has 192 valence electrons. The van der Waals surface area contributed by atoms with E-state index in [1.54, 1.807) is 24.3 Å². The molecule has 1 aromatic heterocycles. The van der Waals surface area contributed by atoms with E-state index in [4.69, 9.17) is 32.7 Å². The summed E-state index contributed by atoms with van der Waals surface area (Å²) in [6, 6.07) is 20.0. The molecule has 0 spiro atoms. The smallest absolute Gasteiger partial charge is 0.220 e. The number of nitro groups is 1. The molecular formula is C26H24Cl2N4O4S. The Bertz CT molecular complexity index is 1360. The summed E-state index contributed by atoms with van der Waals surface area (Å²) in [4.78, 5) is 11.2. The third-order valence-electron chi connectivity index (χ3n) is 5.42. The van der Waals surface area contributed by atoms with Gasteiger partial charge in [-0.05, 0) is 67.9 Å². The molecule has 1 heterocycles. The van der Waals surface area contributed by atoms with Crippen LogP contribution >= 0.6 is 35.0 Å². The minimum Gasteiger partial charge on any atom is -0.494 e. The van der Waals surface area contributed by atoms with Gasteiger partial charge in [-0.1, -0.05) is 53.2 Å². The van der Waals surface area contributed by atoms with Crippen molar-refractivity contribution in [1.82, 2.24) is 14.8 Å². The monoisotopic (exact) mass is 558 g/mol. The van der Waals surface area contributed by atoms with Gasteiger partial charge in [0.05, 0.1) is 6.61 Å². The number of rotatable bonds is 11. The molecular weight excluding hydrogens is 535 g/mol. The summed E-state index contributed by atoms with van der Waals surface area (Å²) in [6.07, 6.45) is 0. The summed E-state index contributed by atoms with van der Waals surface area (Å²) in [5.74, 6) is 2.06. The number of ether oxygens (including phenoxy) is 2. The van der Waals surface area contributed by atoms with Gasteiger partial charge in [0.1, 0.15) is 29.2 Å². The van der Waals surface area contributed by atoms with Crippen LogP contribution in [0.3, 0.4) is 0 Å². The molecule has 0 N–H and O–H groups in total. The normalized spacial score (nSPS) is 11.8. The molecule has 0 amide bonds. The average Bonchev–Trinajstić information content (AvgIpc) is 3.23. The van der Waals surface area contributed by atoms with Crippen LogP contribution in [0.2, 0.25) is 10.0 Å². The van der Waals surface area contributed by atoms with Gasteiger partial charge < -0.3 is 9.47 Å². The number of hydrogen-bond acceptors (Lipinski definition) is 7. The van der Waals surface area contributed by atoms with Gasteiger partial charge in [0, 0.05) is 26.2 Å². The fourth-order valence-corrected chi connectivity index (χ4v) is 5.26. The topological polar surface area (TPSA) is 92.3 Å². The van der Waals surface area contributed by atoms with Gasteiger partial charge in [0.25, 0.3) is 0 Å². The van der Waals surface area contributed by atoms with Gasteiger partial charge in [-0.3, -0.25) is 14.7 Å². The second-order valence-electron chi connectivity index (χ2n) is 8.01. The highest BCUT2D eigenvalue weighted by molar-refractivity contribution is 7.99. The van der Waals surface area contributed by atoms with Crippen LogP contribution in [0.1, 0.15) is 29.1 Å². The number of hydrogen-bond donors (Lipinski definition) is 0. The molecule has 0 aliphatic carbocycles. The molecule has 0 fully saturated rings. The lowest BCUT2D eigenvalue weighted by Gasteiger charge is -2.15. The summed E-state index contributed by atoms with van der Waals surface area (Å²) >= 11 is 13.5. The van der Waals surface area contributed by atoms with E-state index in [9.17, 15) is 10.1 Å². The van der Waals surface area contributed by atoms with E-state index in [2.05, 4.69) is 10.2 Å². The molecule has 0 radical (unpaired) electrons.